The number of methoxy groups -OCH3 is 3. The van der Waals surface area contributed by atoms with Gasteiger partial charge in [-0.3, -0.25) is 9.97 Å². The number of aromatic nitrogens is 4. The largest absolute Gasteiger partial charge is 0.495 e. The first kappa shape index (κ1) is 22.3. The Labute approximate surface area is 206 Å². The van der Waals surface area contributed by atoms with E-state index >= 15 is 0 Å². The van der Waals surface area contributed by atoms with Crippen LogP contribution < -0.4 is 9.47 Å². The van der Waals surface area contributed by atoms with Crippen LogP contribution in [0, 0.1) is 0 Å². The number of aromatic amines is 2. The molecule has 0 spiro atoms. The summed E-state index contributed by atoms with van der Waals surface area (Å²) in [6.07, 6.45) is 2.30. The number of benzene rings is 2. The third-order valence-corrected chi connectivity index (χ3v) is 6.86. The smallest absolute Gasteiger partial charge is 0.147 e. The van der Waals surface area contributed by atoms with Gasteiger partial charge in [-0.1, -0.05) is 30.3 Å². The van der Waals surface area contributed by atoms with Crippen LogP contribution in [-0.2, 0) is 4.74 Å². The monoisotopic (exact) mass is 482 g/mol. The number of nitrogens with zero attached hydrogens (tertiary/aromatic N) is 2. The van der Waals surface area contributed by atoms with Crippen LogP contribution in [0.5, 0.6) is 11.5 Å². The van der Waals surface area contributed by atoms with Crippen molar-refractivity contribution < 1.29 is 19.3 Å². The van der Waals surface area contributed by atoms with E-state index in [1.807, 2.05) is 42.5 Å². The van der Waals surface area contributed by atoms with Crippen molar-refractivity contribution in [2.75, 3.05) is 21.3 Å². The Balaban J connectivity index is 1.44. The number of hydrogen-bond donors (Lipinski definition) is 3. The highest BCUT2D eigenvalue weighted by molar-refractivity contribution is 6.12. The fourth-order valence-corrected chi connectivity index (χ4v) is 5.15. The molecule has 0 aliphatic carbocycles. The van der Waals surface area contributed by atoms with Crippen LogP contribution in [0.1, 0.15) is 30.0 Å². The number of ether oxygens (including phenoxy) is 3. The van der Waals surface area contributed by atoms with Gasteiger partial charge in [0.25, 0.3) is 0 Å². The SMILES string of the molecule is COc1cccc2c1[nH]c1c([C@@H](O)C[C@@H](OC)c3nccc4c3[nH]c3ccccc34)ncc(OC)c12. The van der Waals surface area contributed by atoms with E-state index < -0.39 is 12.2 Å². The maximum absolute atomic E-state index is 11.4. The normalized spacial score (nSPS) is 13.6. The van der Waals surface area contributed by atoms with Crippen molar-refractivity contribution in [3.8, 4) is 11.5 Å². The first-order valence-corrected chi connectivity index (χ1v) is 11.7. The molecule has 0 fully saturated rings. The molecular formula is C28H26N4O4. The molecule has 0 saturated heterocycles. The Hall–Kier alpha value is -4.14. The molecule has 2 atom stereocenters. The van der Waals surface area contributed by atoms with Crippen molar-refractivity contribution >= 4 is 43.6 Å². The van der Waals surface area contributed by atoms with Gasteiger partial charge in [0.15, 0.2) is 0 Å². The summed E-state index contributed by atoms with van der Waals surface area (Å²) in [5, 5.41) is 15.4. The van der Waals surface area contributed by atoms with E-state index in [0.29, 0.717) is 22.7 Å². The summed E-state index contributed by atoms with van der Waals surface area (Å²) < 4.78 is 17.0. The van der Waals surface area contributed by atoms with Crippen LogP contribution in [0.4, 0.5) is 0 Å². The Bertz CT molecular complexity index is 1720. The molecule has 0 amide bonds. The summed E-state index contributed by atoms with van der Waals surface area (Å²) in [5.41, 5.74) is 4.71. The highest BCUT2D eigenvalue weighted by Crippen LogP contribution is 2.41. The second-order valence-electron chi connectivity index (χ2n) is 8.73. The van der Waals surface area contributed by atoms with Crippen LogP contribution in [0.2, 0.25) is 0 Å². The van der Waals surface area contributed by atoms with Crippen molar-refractivity contribution in [2.45, 2.75) is 18.6 Å². The van der Waals surface area contributed by atoms with E-state index in [4.69, 9.17) is 14.2 Å². The van der Waals surface area contributed by atoms with Crippen LogP contribution in [0.25, 0.3) is 43.6 Å². The third kappa shape index (κ3) is 3.37. The maximum Gasteiger partial charge on any atom is 0.147 e. The number of rotatable bonds is 7. The molecule has 6 aromatic rings. The molecule has 182 valence electrons. The Morgan fingerprint density at radius 1 is 0.778 bits per heavy atom. The summed E-state index contributed by atoms with van der Waals surface area (Å²) in [6.45, 7) is 0. The molecule has 0 aliphatic heterocycles. The molecular weight excluding hydrogens is 456 g/mol. The summed E-state index contributed by atoms with van der Waals surface area (Å²) in [7, 11) is 4.87. The molecule has 8 nitrogen and oxygen atoms in total. The van der Waals surface area contributed by atoms with E-state index in [0.717, 1.165) is 43.8 Å². The number of H-pyrrole nitrogens is 2. The van der Waals surface area contributed by atoms with Gasteiger partial charge in [-0.2, -0.15) is 0 Å². The molecule has 36 heavy (non-hydrogen) atoms. The average molecular weight is 483 g/mol. The van der Waals surface area contributed by atoms with E-state index in [9.17, 15) is 5.11 Å². The van der Waals surface area contributed by atoms with Gasteiger partial charge in [0.05, 0.1) is 53.7 Å². The van der Waals surface area contributed by atoms with Gasteiger partial charge in [0, 0.05) is 41.4 Å². The first-order chi connectivity index (χ1) is 17.6. The number of pyridine rings is 2. The standard InChI is InChI=1S/C28H26N4O4/c1-34-20-10-6-8-17-23-22(36-3)14-30-26(28(23)32-24(17)20)19(33)13-21(35-2)27-25-16(11-12-29-27)15-7-4-5-9-18(15)31-25/h4-12,14,19,21,31-33H,13H2,1-3H3/t19-,21+/m0/s1. The molecule has 0 aliphatic rings. The lowest BCUT2D eigenvalue weighted by Gasteiger charge is -2.20. The number of fused-ring (bicyclic) bond motifs is 6. The van der Waals surface area contributed by atoms with Gasteiger partial charge in [0.1, 0.15) is 23.7 Å². The predicted molar refractivity (Wildman–Crippen MR) is 140 cm³/mol. The van der Waals surface area contributed by atoms with Gasteiger partial charge in [0.2, 0.25) is 0 Å². The second kappa shape index (κ2) is 8.82. The Morgan fingerprint density at radius 2 is 1.58 bits per heavy atom. The molecule has 2 aromatic carbocycles. The van der Waals surface area contributed by atoms with Gasteiger partial charge >= 0.3 is 0 Å². The van der Waals surface area contributed by atoms with E-state index in [-0.39, 0.29) is 6.42 Å². The van der Waals surface area contributed by atoms with Crippen LogP contribution in [-0.4, -0.2) is 46.4 Å². The predicted octanol–water partition coefficient (Wildman–Crippen LogP) is 5.57. The second-order valence-corrected chi connectivity index (χ2v) is 8.73. The van der Waals surface area contributed by atoms with E-state index in [1.165, 1.54) is 0 Å². The van der Waals surface area contributed by atoms with Gasteiger partial charge in [-0.15, -0.1) is 0 Å². The minimum absolute atomic E-state index is 0.263. The summed E-state index contributed by atoms with van der Waals surface area (Å²) in [5.74, 6) is 1.32. The highest BCUT2D eigenvalue weighted by atomic mass is 16.5. The number of aliphatic hydroxyl groups is 1. The van der Waals surface area contributed by atoms with Crippen LogP contribution in [0.15, 0.2) is 60.9 Å². The van der Waals surface area contributed by atoms with Crippen molar-refractivity contribution in [3.63, 3.8) is 0 Å². The Kier molecular flexibility index (Phi) is 5.47. The molecule has 6 rings (SSSR count). The van der Waals surface area contributed by atoms with Crippen molar-refractivity contribution in [1.29, 1.82) is 0 Å². The number of hydrogen-bond acceptors (Lipinski definition) is 6. The summed E-state index contributed by atoms with van der Waals surface area (Å²) in [6, 6.07) is 15.9. The lowest BCUT2D eigenvalue weighted by atomic mass is 10.0. The van der Waals surface area contributed by atoms with Gasteiger partial charge in [-0.25, -0.2) is 0 Å². The molecule has 0 saturated carbocycles. The molecule has 0 bridgehead atoms. The van der Waals surface area contributed by atoms with Crippen LogP contribution in [0.3, 0.4) is 0 Å². The molecule has 8 heteroatoms. The van der Waals surface area contributed by atoms with Crippen molar-refractivity contribution in [1.82, 2.24) is 19.9 Å². The summed E-state index contributed by atoms with van der Waals surface area (Å²) >= 11 is 0. The van der Waals surface area contributed by atoms with E-state index in [2.05, 4.69) is 26.0 Å². The quantitative estimate of drug-likeness (QED) is 0.275. The number of nitrogens with one attached hydrogen (secondary N) is 2. The molecule has 0 radical (unpaired) electrons. The van der Waals surface area contributed by atoms with E-state index in [1.54, 1.807) is 33.7 Å². The fraction of sp³-hybridized carbons (Fsp3) is 0.214. The minimum atomic E-state index is -0.927. The zero-order valence-electron chi connectivity index (χ0n) is 20.2. The van der Waals surface area contributed by atoms with Crippen LogP contribution >= 0.6 is 0 Å². The highest BCUT2D eigenvalue weighted by Gasteiger charge is 2.26. The average Bonchev–Trinajstić information content (AvgIpc) is 3.50. The molecule has 4 aromatic heterocycles. The number of para-hydroxylation sites is 2. The lowest BCUT2D eigenvalue weighted by Crippen LogP contribution is -2.12. The van der Waals surface area contributed by atoms with Gasteiger partial charge < -0.3 is 29.3 Å². The van der Waals surface area contributed by atoms with Crippen molar-refractivity contribution in [2.24, 2.45) is 0 Å². The molecule has 0 unspecified atom stereocenters. The fourth-order valence-electron chi connectivity index (χ4n) is 5.15. The molecule has 3 N–H and O–H groups in total. The summed E-state index contributed by atoms with van der Waals surface area (Å²) in [4.78, 5) is 16.1. The first-order valence-electron chi connectivity index (χ1n) is 11.7. The zero-order valence-corrected chi connectivity index (χ0v) is 20.2. The molecule has 4 heterocycles. The Morgan fingerprint density at radius 3 is 2.39 bits per heavy atom. The number of aliphatic hydroxyl groups excluding tert-OH is 1. The maximum atomic E-state index is 11.4. The van der Waals surface area contributed by atoms with Gasteiger partial charge in [-0.05, 0) is 18.2 Å². The minimum Gasteiger partial charge on any atom is -0.495 e. The lowest BCUT2D eigenvalue weighted by molar-refractivity contribution is 0.0413. The third-order valence-electron chi connectivity index (χ3n) is 6.86. The zero-order chi connectivity index (χ0) is 24.8. The topological polar surface area (TPSA) is 105 Å². The van der Waals surface area contributed by atoms with Crippen molar-refractivity contribution in [3.05, 3.63) is 72.3 Å².